The van der Waals surface area contributed by atoms with E-state index in [1.807, 2.05) is 7.05 Å². The highest BCUT2D eigenvalue weighted by Crippen LogP contribution is 2.31. The maximum atomic E-state index is 12.3. The molecule has 20 heavy (non-hydrogen) atoms. The molecule has 1 aromatic rings. The Morgan fingerprint density at radius 3 is 2.95 bits per heavy atom. The Balaban J connectivity index is 2.01. The van der Waals surface area contributed by atoms with Gasteiger partial charge in [0.25, 0.3) is 0 Å². The van der Waals surface area contributed by atoms with E-state index >= 15 is 0 Å². The van der Waals surface area contributed by atoms with Gasteiger partial charge in [-0.1, -0.05) is 0 Å². The molecular weight excluding hydrogens is 364 g/mol. The van der Waals surface area contributed by atoms with Crippen LogP contribution in [0.25, 0.3) is 0 Å². The molecule has 1 fully saturated rings. The lowest BCUT2D eigenvalue weighted by Crippen LogP contribution is -2.35. The van der Waals surface area contributed by atoms with Crippen molar-refractivity contribution in [2.24, 2.45) is 0 Å². The summed E-state index contributed by atoms with van der Waals surface area (Å²) in [6, 6.07) is 1.70. The van der Waals surface area contributed by atoms with Crippen LogP contribution in [0.3, 0.4) is 0 Å². The second-order valence-corrected chi connectivity index (χ2v) is 8.91. The van der Waals surface area contributed by atoms with E-state index in [1.54, 1.807) is 6.07 Å². The Morgan fingerprint density at radius 1 is 1.50 bits per heavy atom. The summed E-state index contributed by atoms with van der Waals surface area (Å²) in [5.74, 6) is 0. The van der Waals surface area contributed by atoms with Crippen LogP contribution in [0.2, 0.25) is 0 Å². The zero-order valence-electron chi connectivity index (χ0n) is 11.3. The van der Waals surface area contributed by atoms with Gasteiger partial charge in [-0.25, -0.2) is 13.1 Å². The number of halogens is 1. The molecule has 1 aliphatic heterocycles. The monoisotopic (exact) mass is 382 g/mol. The van der Waals surface area contributed by atoms with Crippen LogP contribution in [0.4, 0.5) is 0 Å². The molecule has 0 radical (unpaired) electrons. The maximum absolute atomic E-state index is 12.3. The van der Waals surface area contributed by atoms with Crippen LogP contribution in [0.5, 0.6) is 0 Å². The third-order valence-corrected chi connectivity index (χ3v) is 6.80. The third kappa shape index (κ3) is 4.25. The van der Waals surface area contributed by atoms with Crippen molar-refractivity contribution in [2.75, 3.05) is 20.2 Å². The van der Waals surface area contributed by atoms with Gasteiger partial charge in [0, 0.05) is 24.6 Å². The van der Waals surface area contributed by atoms with E-state index in [1.165, 1.54) is 11.3 Å². The first-order valence-electron chi connectivity index (χ1n) is 6.57. The fourth-order valence-electron chi connectivity index (χ4n) is 2.09. The number of hydrogen-bond donors (Lipinski definition) is 2. The van der Waals surface area contributed by atoms with E-state index in [-0.39, 0.29) is 6.10 Å². The minimum atomic E-state index is -3.48. The molecule has 1 atom stereocenters. The molecule has 1 aromatic heterocycles. The minimum absolute atomic E-state index is 0.00675. The standard InChI is InChI=1S/C12H19BrN2O3S2/c1-14-8-10-6-11(12(13)19-10)20(16,17)15-7-9-4-2-3-5-18-9/h6,9,14-15H,2-5,7-8H2,1H3. The molecule has 114 valence electrons. The molecule has 0 aromatic carbocycles. The van der Waals surface area contributed by atoms with Crippen LogP contribution >= 0.6 is 27.3 Å². The van der Waals surface area contributed by atoms with Gasteiger partial charge in [0.2, 0.25) is 10.0 Å². The van der Waals surface area contributed by atoms with E-state index in [4.69, 9.17) is 4.74 Å². The quantitative estimate of drug-likeness (QED) is 0.790. The highest BCUT2D eigenvalue weighted by atomic mass is 79.9. The van der Waals surface area contributed by atoms with Crippen molar-refractivity contribution in [1.82, 2.24) is 10.0 Å². The number of hydrogen-bond acceptors (Lipinski definition) is 5. The number of thiophene rings is 1. The first-order valence-corrected chi connectivity index (χ1v) is 9.66. The second-order valence-electron chi connectivity index (χ2n) is 4.72. The zero-order valence-corrected chi connectivity index (χ0v) is 14.5. The molecule has 1 aliphatic rings. The van der Waals surface area contributed by atoms with E-state index in [9.17, 15) is 8.42 Å². The van der Waals surface area contributed by atoms with Gasteiger partial charge < -0.3 is 10.1 Å². The highest BCUT2D eigenvalue weighted by Gasteiger charge is 2.23. The van der Waals surface area contributed by atoms with Crippen molar-refractivity contribution in [1.29, 1.82) is 0 Å². The molecule has 0 spiro atoms. The predicted octanol–water partition coefficient (Wildman–Crippen LogP) is 2.08. The molecule has 8 heteroatoms. The molecule has 2 N–H and O–H groups in total. The fourth-order valence-corrected chi connectivity index (χ4v) is 5.85. The average molecular weight is 383 g/mol. The zero-order chi connectivity index (χ0) is 14.6. The van der Waals surface area contributed by atoms with Crippen molar-refractivity contribution in [3.63, 3.8) is 0 Å². The normalized spacial score (nSPS) is 20.2. The highest BCUT2D eigenvalue weighted by molar-refractivity contribution is 9.11. The summed E-state index contributed by atoms with van der Waals surface area (Å²) < 4.78 is 33.4. The summed E-state index contributed by atoms with van der Waals surface area (Å²) in [7, 11) is -1.65. The van der Waals surface area contributed by atoms with Gasteiger partial charge in [-0.2, -0.15) is 0 Å². The van der Waals surface area contributed by atoms with Gasteiger partial charge >= 0.3 is 0 Å². The number of nitrogens with one attached hydrogen (secondary N) is 2. The largest absolute Gasteiger partial charge is 0.377 e. The van der Waals surface area contributed by atoms with Gasteiger partial charge in [0.05, 0.1) is 9.89 Å². The third-order valence-electron chi connectivity index (χ3n) is 3.12. The van der Waals surface area contributed by atoms with E-state index < -0.39 is 10.0 Å². The number of ether oxygens (including phenoxy) is 1. The average Bonchev–Trinajstić information content (AvgIpc) is 2.80. The predicted molar refractivity (Wildman–Crippen MR) is 83.6 cm³/mol. The maximum Gasteiger partial charge on any atom is 0.242 e. The van der Waals surface area contributed by atoms with Gasteiger partial charge in [-0.05, 0) is 48.3 Å². The van der Waals surface area contributed by atoms with Crippen molar-refractivity contribution in [2.45, 2.75) is 36.8 Å². The van der Waals surface area contributed by atoms with Crippen molar-refractivity contribution in [3.05, 3.63) is 14.7 Å². The van der Waals surface area contributed by atoms with Crippen LogP contribution in [-0.2, 0) is 21.3 Å². The molecule has 0 aliphatic carbocycles. The second kappa shape index (κ2) is 7.33. The minimum Gasteiger partial charge on any atom is -0.377 e. The Bertz CT molecular complexity index is 539. The van der Waals surface area contributed by atoms with Gasteiger partial charge in [0.15, 0.2) is 0 Å². The van der Waals surface area contributed by atoms with Gasteiger partial charge in [-0.15, -0.1) is 11.3 Å². The summed E-state index contributed by atoms with van der Waals surface area (Å²) >= 11 is 4.76. The van der Waals surface area contributed by atoms with E-state index in [0.29, 0.717) is 21.8 Å². The molecule has 2 heterocycles. The lowest BCUT2D eigenvalue weighted by molar-refractivity contribution is 0.0200. The smallest absolute Gasteiger partial charge is 0.242 e. The lowest BCUT2D eigenvalue weighted by atomic mass is 10.1. The molecule has 2 rings (SSSR count). The molecule has 0 bridgehead atoms. The molecule has 0 amide bonds. The molecule has 5 nitrogen and oxygen atoms in total. The van der Waals surface area contributed by atoms with Crippen molar-refractivity contribution in [3.8, 4) is 0 Å². The molecule has 0 saturated carbocycles. The number of rotatable bonds is 6. The Hall–Kier alpha value is 0.01000. The first-order chi connectivity index (χ1) is 9.53. The molecular formula is C12H19BrN2O3S2. The first kappa shape index (κ1) is 16.4. The van der Waals surface area contributed by atoms with Gasteiger partial charge in [-0.3, -0.25) is 0 Å². The number of sulfonamides is 1. The van der Waals surface area contributed by atoms with Crippen molar-refractivity contribution >= 4 is 37.3 Å². The summed E-state index contributed by atoms with van der Waals surface area (Å²) in [6.45, 7) is 1.72. The summed E-state index contributed by atoms with van der Waals surface area (Å²) in [5, 5.41) is 3.01. The van der Waals surface area contributed by atoms with Crippen LogP contribution < -0.4 is 10.0 Å². The lowest BCUT2D eigenvalue weighted by Gasteiger charge is -2.22. The summed E-state index contributed by atoms with van der Waals surface area (Å²) in [4.78, 5) is 1.29. The fraction of sp³-hybridized carbons (Fsp3) is 0.667. The molecule has 1 unspecified atom stereocenters. The van der Waals surface area contributed by atoms with Crippen LogP contribution in [0.15, 0.2) is 14.7 Å². The van der Waals surface area contributed by atoms with Gasteiger partial charge in [0.1, 0.15) is 4.90 Å². The van der Waals surface area contributed by atoms with Crippen molar-refractivity contribution < 1.29 is 13.2 Å². The molecule has 1 saturated heterocycles. The van der Waals surface area contributed by atoms with E-state index in [2.05, 4.69) is 26.0 Å². The van der Waals surface area contributed by atoms with Crippen LogP contribution in [0.1, 0.15) is 24.1 Å². The SMILES string of the molecule is CNCc1cc(S(=O)(=O)NCC2CCCCO2)c(Br)s1. The topological polar surface area (TPSA) is 67.4 Å². The Morgan fingerprint density at radius 2 is 2.30 bits per heavy atom. The van der Waals surface area contributed by atoms with Crippen LogP contribution in [-0.4, -0.2) is 34.7 Å². The Kier molecular flexibility index (Phi) is 6.00. The summed E-state index contributed by atoms with van der Waals surface area (Å²) in [6.07, 6.45) is 3.07. The summed E-state index contributed by atoms with van der Waals surface area (Å²) in [5.41, 5.74) is 0. The Labute approximate surface area is 132 Å². The van der Waals surface area contributed by atoms with E-state index in [0.717, 1.165) is 30.7 Å². The van der Waals surface area contributed by atoms with Crippen LogP contribution in [0, 0.1) is 0 Å².